The molecule has 0 atom stereocenters. The normalized spacial score (nSPS) is 20.0. The molecule has 3 aliphatic rings. The van der Waals surface area contributed by atoms with Crippen LogP contribution in [-0.4, -0.2) is 36.0 Å². The molecule has 2 aromatic rings. The summed E-state index contributed by atoms with van der Waals surface area (Å²) in [5.41, 5.74) is 6.40. The summed E-state index contributed by atoms with van der Waals surface area (Å²) in [5.74, 6) is -0.646. The van der Waals surface area contributed by atoms with Crippen LogP contribution in [0.3, 0.4) is 0 Å². The van der Waals surface area contributed by atoms with Gasteiger partial charge in [0, 0.05) is 54.0 Å². The van der Waals surface area contributed by atoms with E-state index in [1.54, 1.807) is 12.1 Å². The summed E-state index contributed by atoms with van der Waals surface area (Å²) < 4.78 is 5.78. The molecule has 0 spiro atoms. The number of carbonyl (C=O) groups is 3. The Balaban J connectivity index is 1.49. The Morgan fingerprint density at radius 1 is 0.881 bits per heavy atom. The van der Waals surface area contributed by atoms with E-state index >= 15 is 0 Å². The number of Topliss-reactive ketones (excluding diaryl/α,β-unsaturated/α-hetero) is 2. The van der Waals surface area contributed by atoms with E-state index in [4.69, 9.17) is 27.9 Å². The van der Waals surface area contributed by atoms with Crippen LogP contribution >= 0.6 is 23.2 Å². The molecule has 0 saturated heterocycles. The Labute approximate surface area is 258 Å². The first-order valence-electron chi connectivity index (χ1n) is 14.3. The predicted molar refractivity (Wildman–Crippen MR) is 167 cm³/mol. The number of allylic oxidation sites excluding steroid dienone is 4. The van der Waals surface area contributed by atoms with E-state index in [0.29, 0.717) is 35.2 Å². The lowest BCUT2D eigenvalue weighted by Crippen LogP contribution is -2.43. The van der Waals surface area contributed by atoms with Crippen LogP contribution in [0.2, 0.25) is 10.0 Å². The zero-order chi connectivity index (χ0) is 30.7. The third-order valence-electron chi connectivity index (χ3n) is 8.67. The lowest BCUT2D eigenvalue weighted by atomic mass is 9.64. The van der Waals surface area contributed by atoms with Crippen LogP contribution in [0.5, 0.6) is 5.75 Å². The maximum absolute atomic E-state index is 13.7. The van der Waals surface area contributed by atoms with Crippen molar-refractivity contribution in [2.45, 2.75) is 73.1 Å². The van der Waals surface area contributed by atoms with E-state index in [-0.39, 0.29) is 50.7 Å². The number of hydrogen-bond acceptors (Lipinski definition) is 5. The number of carbonyl (C=O) groups excluding carboxylic acids is 3. The molecule has 0 unspecified atom stereocenters. The lowest BCUT2D eigenvalue weighted by molar-refractivity contribution is -0.120. The number of anilines is 1. The number of nitrogens with zero attached hydrogens (tertiary/aromatic N) is 1. The molecule has 0 fully saturated rings. The van der Waals surface area contributed by atoms with Gasteiger partial charge in [0.1, 0.15) is 0 Å². The molecule has 6 nitrogen and oxygen atoms in total. The van der Waals surface area contributed by atoms with Crippen LogP contribution in [0.15, 0.2) is 52.9 Å². The number of nitrogens with one attached hydrogen (secondary N) is 1. The van der Waals surface area contributed by atoms with E-state index in [2.05, 4.69) is 37.9 Å². The highest BCUT2D eigenvalue weighted by Gasteiger charge is 2.48. The van der Waals surface area contributed by atoms with E-state index in [1.807, 2.05) is 39.1 Å². The van der Waals surface area contributed by atoms with Crippen LogP contribution in [0, 0.1) is 24.7 Å². The van der Waals surface area contributed by atoms with Crippen LogP contribution < -0.4 is 10.1 Å². The minimum absolute atomic E-state index is 0.0397. The zero-order valence-electron chi connectivity index (χ0n) is 25.3. The Hall–Kier alpha value is -3.09. The van der Waals surface area contributed by atoms with Gasteiger partial charge < -0.3 is 15.0 Å². The summed E-state index contributed by atoms with van der Waals surface area (Å²) in [5, 5.41) is 3.26. The smallest absolute Gasteiger partial charge is 0.262 e. The average molecular weight is 610 g/mol. The summed E-state index contributed by atoms with van der Waals surface area (Å²) >= 11 is 13.4. The molecule has 0 saturated carbocycles. The predicted octanol–water partition coefficient (Wildman–Crippen LogP) is 7.94. The number of rotatable bonds is 5. The van der Waals surface area contributed by atoms with Crippen LogP contribution in [0.25, 0.3) is 0 Å². The molecule has 0 aromatic heterocycles. The summed E-state index contributed by atoms with van der Waals surface area (Å²) in [6.45, 7) is 12.1. The lowest BCUT2D eigenvalue weighted by Gasteiger charge is -2.48. The highest BCUT2D eigenvalue weighted by molar-refractivity contribution is 6.37. The van der Waals surface area contributed by atoms with Gasteiger partial charge in [-0.3, -0.25) is 14.4 Å². The number of ether oxygens (including phenoxy) is 1. The van der Waals surface area contributed by atoms with Gasteiger partial charge >= 0.3 is 0 Å². The van der Waals surface area contributed by atoms with Crippen molar-refractivity contribution in [3.8, 4) is 5.75 Å². The van der Waals surface area contributed by atoms with Gasteiger partial charge in [0.2, 0.25) is 0 Å². The van der Waals surface area contributed by atoms with Crippen molar-refractivity contribution in [3.05, 3.63) is 79.6 Å². The van der Waals surface area contributed by atoms with Gasteiger partial charge in [0.15, 0.2) is 23.9 Å². The average Bonchev–Trinajstić information content (AvgIpc) is 2.85. The minimum atomic E-state index is -0.560. The van der Waals surface area contributed by atoms with Crippen molar-refractivity contribution in [1.29, 1.82) is 0 Å². The maximum atomic E-state index is 13.7. The quantitative estimate of drug-likeness (QED) is 0.373. The molecular formula is C34H38Cl2N2O4. The second kappa shape index (κ2) is 10.9. The van der Waals surface area contributed by atoms with Gasteiger partial charge in [-0.1, -0.05) is 57.0 Å². The molecule has 1 amide bonds. The van der Waals surface area contributed by atoms with Gasteiger partial charge in [-0.15, -0.1) is 0 Å². The fourth-order valence-corrected chi connectivity index (χ4v) is 7.15. The molecule has 42 heavy (non-hydrogen) atoms. The second-order valence-corrected chi connectivity index (χ2v) is 14.4. The van der Waals surface area contributed by atoms with Crippen molar-refractivity contribution in [1.82, 2.24) is 4.90 Å². The first-order chi connectivity index (χ1) is 19.6. The third-order valence-corrected chi connectivity index (χ3v) is 9.23. The van der Waals surface area contributed by atoms with E-state index in [9.17, 15) is 14.4 Å². The number of amides is 1. The molecule has 0 radical (unpaired) electrons. The minimum Gasteiger partial charge on any atom is -0.481 e. The fraction of sp³-hybridized carbons (Fsp3) is 0.441. The molecule has 0 bridgehead atoms. The Kier molecular flexibility index (Phi) is 7.86. The number of aryl methyl sites for hydroxylation is 2. The Morgan fingerprint density at radius 3 is 1.90 bits per heavy atom. The van der Waals surface area contributed by atoms with Gasteiger partial charge in [-0.05, 0) is 78.5 Å². The molecule has 8 heteroatoms. The SMILES string of the molecule is Cc1ccc(NC(=O)COc2c(Cl)cc(C3C4=C(CC(C)(C)CC4=O)N(C)C4=C3C(=O)CC(C)(C)C4)cc2Cl)cc1C. The molecule has 1 heterocycles. The molecule has 2 aromatic carbocycles. The van der Waals surface area contributed by atoms with Gasteiger partial charge in [0.05, 0.1) is 10.0 Å². The largest absolute Gasteiger partial charge is 0.481 e. The second-order valence-electron chi connectivity index (χ2n) is 13.5. The molecule has 1 N–H and O–H groups in total. The third kappa shape index (κ3) is 5.76. The molecule has 2 aliphatic carbocycles. The van der Waals surface area contributed by atoms with Crippen molar-refractivity contribution in [3.63, 3.8) is 0 Å². The van der Waals surface area contributed by atoms with Crippen molar-refractivity contribution < 1.29 is 19.1 Å². The summed E-state index contributed by atoms with van der Waals surface area (Å²) in [7, 11) is 1.98. The topological polar surface area (TPSA) is 75.7 Å². The summed E-state index contributed by atoms with van der Waals surface area (Å²) in [6, 6.07) is 9.12. The van der Waals surface area contributed by atoms with Crippen molar-refractivity contribution >= 4 is 46.4 Å². The maximum Gasteiger partial charge on any atom is 0.262 e. The standard InChI is InChI=1S/C34H38Cl2N2O4/c1-18-8-9-21(10-19(18)2)37-28(41)17-42-32-22(35)11-20(12-23(32)36)29-30-24(13-33(3,4)15-26(30)39)38(7)25-14-34(5,6)16-27(40)31(25)29/h8-12,29H,13-17H2,1-7H3,(H,37,41). The Morgan fingerprint density at radius 2 is 1.40 bits per heavy atom. The van der Waals surface area contributed by atoms with Gasteiger partial charge in [0.25, 0.3) is 5.91 Å². The van der Waals surface area contributed by atoms with Gasteiger partial charge in [-0.2, -0.15) is 0 Å². The molecule has 222 valence electrons. The van der Waals surface area contributed by atoms with E-state index in [1.165, 1.54) is 0 Å². The monoisotopic (exact) mass is 608 g/mol. The first kappa shape index (κ1) is 30.4. The number of halogens is 2. The number of hydrogen-bond donors (Lipinski definition) is 1. The molecular weight excluding hydrogens is 571 g/mol. The summed E-state index contributed by atoms with van der Waals surface area (Å²) in [4.78, 5) is 42.2. The van der Waals surface area contributed by atoms with Crippen LogP contribution in [-0.2, 0) is 14.4 Å². The van der Waals surface area contributed by atoms with Crippen LogP contribution in [0.4, 0.5) is 5.69 Å². The van der Waals surface area contributed by atoms with E-state index in [0.717, 1.165) is 35.4 Å². The number of ketones is 2. The molecule has 5 rings (SSSR count). The summed E-state index contributed by atoms with van der Waals surface area (Å²) in [6.07, 6.45) is 2.25. The van der Waals surface area contributed by atoms with E-state index < -0.39 is 5.92 Å². The first-order valence-corrected chi connectivity index (χ1v) is 15.1. The van der Waals surface area contributed by atoms with Gasteiger partial charge in [-0.25, -0.2) is 0 Å². The Bertz CT molecular complexity index is 1510. The van der Waals surface area contributed by atoms with Crippen LogP contribution in [0.1, 0.15) is 76.0 Å². The zero-order valence-corrected chi connectivity index (χ0v) is 26.8. The highest BCUT2D eigenvalue weighted by atomic mass is 35.5. The number of benzene rings is 2. The molecule has 1 aliphatic heterocycles. The fourth-order valence-electron chi connectivity index (χ4n) is 6.54. The van der Waals surface area contributed by atoms with Crippen molar-refractivity contribution in [2.24, 2.45) is 10.8 Å². The highest BCUT2D eigenvalue weighted by Crippen LogP contribution is 2.54. The van der Waals surface area contributed by atoms with Crippen molar-refractivity contribution in [2.75, 3.05) is 19.0 Å².